The molecule has 7 heteroatoms. The van der Waals surface area contributed by atoms with Crippen LogP contribution in [0.2, 0.25) is 0 Å². The monoisotopic (exact) mass is 456 g/mol. The Bertz CT molecular complexity index is 1450. The summed E-state index contributed by atoms with van der Waals surface area (Å²) in [6.45, 7) is 0.0368. The Hall–Kier alpha value is -4.13. The highest BCUT2D eigenvalue weighted by molar-refractivity contribution is 6.45. The number of primary amides is 1. The van der Waals surface area contributed by atoms with Crippen LogP contribution in [-0.4, -0.2) is 33.9 Å². The van der Waals surface area contributed by atoms with Gasteiger partial charge >= 0.3 is 5.97 Å². The second-order valence-electron chi connectivity index (χ2n) is 8.59. The summed E-state index contributed by atoms with van der Waals surface area (Å²) in [5.41, 5.74) is 10.3. The average Bonchev–Trinajstić information content (AvgIpc) is 3.15. The van der Waals surface area contributed by atoms with Crippen molar-refractivity contribution in [2.75, 3.05) is 6.61 Å². The van der Waals surface area contributed by atoms with Crippen molar-refractivity contribution in [2.24, 2.45) is 5.73 Å². The number of carbonyl (C=O) groups excluding carboxylic acids is 2. The molecule has 0 saturated heterocycles. The van der Waals surface area contributed by atoms with Gasteiger partial charge in [-0.3, -0.25) is 9.59 Å². The van der Waals surface area contributed by atoms with Gasteiger partial charge in [0.05, 0.1) is 16.4 Å². The number of ketones is 1. The van der Waals surface area contributed by atoms with E-state index in [2.05, 4.69) is 10.6 Å². The van der Waals surface area contributed by atoms with E-state index in [0.717, 1.165) is 53.4 Å². The van der Waals surface area contributed by atoms with Crippen molar-refractivity contribution in [2.45, 2.75) is 32.2 Å². The molecule has 0 unspecified atom stereocenters. The molecule has 34 heavy (non-hydrogen) atoms. The van der Waals surface area contributed by atoms with E-state index in [1.165, 1.54) is 0 Å². The molecule has 1 aliphatic rings. The Morgan fingerprint density at radius 3 is 2.44 bits per heavy atom. The lowest BCUT2D eigenvalue weighted by Crippen LogP contribution is -2.23. The van der Waals surface area contributed by atoms with Crippen LogP contribution in [-0.2, 0) is 29.0 Å². The largest absolute Gasteiger partial charge is 0.481 e. The van der Waals surface area contributed by atoms with Crippen LogP contribution in [0.15, 0.2) is 54.6 Å². The Morgan fingerprint density at radius 1 is 0.941 bits per heavy atom. The third-order valence-electron chi connectivity index (χ3n) is 6.44. The van der Waals surface area contributed by atoms with E-state index in [4.69, 9.17) is 10.5 Å². The van der Waals surface area contributed by atoms with Gasteiger partial charge in [-0.15, -0.1) is 0 Å². The van der Waals surface area contributed by atoms with Gasteiger partial charge in [0.2, 0.25) is 0 Å². The van der Waals surface area contributed by atoms with Gasteiger partial charge in [0.15, 0.2) is 6.61 Å². The van der Waals surface area contributed by atoms with Crippen LogP contribution in [0.5, 0.6) is 5.75 Å². The maximum absolute atomic E-state index is 12.8. The number of aryl methyl sites for hydroxylation is 1. The molecule has 5 rings (SSSR count). The molecule has 0 aliphatic heterocycles. The number of nitrogens with zero attached hydrogens (tertiary/aromatic N) is 1. The van der Waals surface area contributed by atoms with Crippen molar-refractivity contribution < 1.29 is 24.2 Å². The van der Waals surface area contributed by atoms with E-state index in [0.29, 0.717) is 23.1 Å². The van der Waals surface area contributed by atoms with Crippen LogP contribution >= 0.6 is 0 Å². The van der Waals surface area contributed by atoms with Crippen LogP contribution in [0.1, 0.15) is 39.9 Å². The third-order valence-corrected chi connectivity index (χ3v) is 6.44. The topological polar surface area (TPSA) is 112 Å². The van der Waals surface area contributed by atoms with Gasteiger partial charge in [-0.05, 0) is 54.5 Å². The van der Waals surface area contributed by atoms with Gasteiger partial charge in [-0.1, -0.05) is 42.5 Å². The van der Waals surface area contributed by atoms with Crippen molar-refractivity contribution in [3.8, 4) is 5.75 Å². The van der Waals surface area contributed by atoms with Gasteiger partial charge in [0.25, 0.3) is 11.7 Å². The fourth-order valence-electron chi connectivity index (χ4n) is 5.02. The predicted octanol–water partition coefficient (Wildman–Crippen LogP) is 3.85. The predicted molar refractivity (Wildman–Crippen MR) is 128 cm³/mol. The van der Waals surface area contributed by atoms with Crippen LogP contribution < -0.4 is 10.5 Å². The molecule has 172 valence electrons. The van der Waals surface area contributed by atoms with Crippen LogP contribution in [0, 0.1) is 0 Å². The summed E-state index contributed by atoms with van der Waals surface area (Å²) in [6, 6.07) is 17.3. The molecular weight excluding hydrogens is 432 g/mol. The van der Waals surface area contributed by atoms with Gasteiger partial charge in [-0.25, -0.2) is 4.79 Å². The molecule has 1 heterocycles. The minimum absolute atomic E-state index is 0.192. The van der Waals surface area contributed by atoms with E-state index >= 15 is 0 Å². The quantitative estimate of drug-likeness (QED) is 0.324. The first-order valence-corrected chi connectivity index (χ1v) is 11.3. The molecule has 1 aromatic heterocycles. The molecule has 7 nitrogen and oxygen atoms in total. The number of nitrogens with two attached hydrogens (primary N) is 1. The number of hydrogen-bond donors (Lipinski definition) is 2. The highest BCUT2D eigenvalue weighted by atomic mass is 16.5. The van der Waals surface area contributed by atoms with Gasteiger partial charge in [-0.2, -0.15) is 0 Å². The number of aromatic nitrogens is 1. The smallest absolute Gasteiger partial charge is 0.341 e. The summed E-state index contributed by atoms with van der Waals surface area (Å²) in [6.07, 6.45) is 3.64. The van der Waals surface area contributed by atoms with Gasteiger partial charge in [0, 0.05) is 17.5 Å². The lowest BCUT2D eigenvalue weighted by atomic mass is 9.88. The zero-order valence-corrected chi connectivity index (χ0v) is 18.5. The molecule has 0 spiro atoms. The summed E-state index contributed by atoms with van der Waals surface area (Å²) in [7, 11) is 0. The number of hydrogen-bond acceptors (Lipinski definition) is 4. The minimum Gasteiger partial charge on any atom is -0.481 e. The fourth-order valence-corrected chi connectivity index (χ4v) is 5.02. The highest BCUT2D eigenvalue weighted by Crippen LogP contribution is 2.43. The molecule has 0 fully saturated rings. The lowest BCUT2D eigenvalue weighted by Gasteiger charge is -2.21. The van der Waals surface area contributed by atoms with Crippen LogP contribution in [0.4, 0.5) is 0 Å². The second-order valence-corrected chi connectivity index (χ2v) is 8.59. The van der Waals surface area contributed by atoms with Crippen molar-refractivity contribution in [3.05, 3.63) is 76.9 Å². The number of benzene rings is 3. The standard InChI is InChI=1S/C27H24N2O5/c28-27(33)25(32)19-11-6-12-20-23(19)24-21(29(20)14-16-7-2-1-3-8-16)13-17-9-4-5-10-18(17)26(24)34-15-22(30)31/h1-3,6-8,11-13H,4-5,9-10,14-15H2,(H2,28,33)(H,30,31). The maximum atomic E-state index is 12.8. The number of ether oxygens (including phenoxy) is 1. The molecule has 1 amide bonds. The number of carboxylic acid groups (broad SMARTS) is 1. The van der Waals surface area contributed by atoms with Crippen molar-refractivity contribution in [1.82, 2.24) is 4.57 Å². The van der Waals surface area contributed by atoms with E-state index < -0.39 is 24.3 Å². The van der Waals surface area contributed by atoms with Crippen LogP contribution in [0.25, 0.3) is 21.8 Å². The summed E-state index contributed by atoms with van der Waals surface area (Å²) in [4.78, 5) is 36.1. The Morgan fingerprint density at radius 2 is 1.71 bits per heavy atom. The van der Waals surface area contributed by atoms with E-state index in [1.807, 2.05) is 36.4 Å². The molecule has 0 bridgehead atoms. The molecule has 0 atom stereocenters. The Labute approximate surface area is 195 Å². The first-order valence-electron chi connectivity index (χ1n) is 11.3. The normalized spacial score (nSPS) is 13.1. The number of fused-ring (bicyclic) bond motifs is 4. The molecule has 0 radical (unpaired) electrons. The number of Topliss-reactive ketones (excluding diaryl/α,β-unsaturated/α-hetero) is 1. The first kappa shape index (κ1) is 21.7. The van der Waals surface area contributed by atoms with Gasteiger partial charge < -0.3 is 20.1 Å². The second kappa shape index (κ2) is 8.67. The van der Waals surface area contributed by atoms with Gasteiger partial charge in [0.1, 0.15) is 5.75 Å². The Kier molecular flexibility index (Phi) is 5.53. The zero-order valence-electron chi connectivity index (χ0n) is 18.5. The lowest BCUT2D eigenvalue weighted by molar-refractivity contribution is -0.139. The van der Waals surface area contributed by atoms with E-state index in [-0.39, 0.29) is 5.56 Å². The van der Waals surface area contributed by atoms with Crippen molar-refractivity contribution in [3.63, 3.8) is 0 Å². The summed E-state index contributed by atoms with van der Waals surface area (Å²) in [5.74, 6) is -2.42. The maximum Gasteiger partial charge on any atom is 0.341 e. The molecule has 0 saturated carbocycles. The third kappa shape index (κ3) is 3.69. The van der Waals surface area contributed by atoms with E-state index in [9.17, 15) is 19.5 Å². The number of rotatable bonds is 7. The van der Waals surface area contributed by atoms with Crippen LogP contribution in [0.3, 0.4) is 0 Å². The van der Waals surface area contributed by atoms with Crippen molar-refractivity contribution in [1.29, 1.82) is 0 Å². The minimum atomic E-state index is -1.08. The highest BCUT2D eigenvalue weighted by Gasteiger charge is 2.27. The number of aliphatic carboxylic acids is 1. The summed E-state index contributed by atoms with van der Waals surface area (Å²) in [5, 5.41) is 10.5. The SMILES string of the molecule is NC(=O)C(=O)c1cccc2c1c1c(OCC(=O)O)c3c(cc1n2Cc1ccccc1)CCCC3. The number of carboxylic acids is 1. The molecular formula is C27H24N2O5. The van der Waals surface area contributed by atoms with E-state index in [1.54, 1.807) is 12.1 Å². The van der Waals surface area contributed by atoms with Crippen molar-refractivity contribution >= 4 is 39.5 Å². The average molecular weight is 456 g/mol. The number of amides is 1. The molecule has 3 aromatic carbocycles. The fraction of sp³-hybridized carbons (Fsp3) is 0.222. The summed E-state index contributed by atoms with van der Waals surface area (Å²) < 4.78 is 8.00. The molecule has 1 aliphatic carbocycles. The summed E-state index contributed by atoms with van der Waals surface area (Å²) >= 11 is 0. The zero-order chi connectivity index (χ0) is 23.8. The number of carbonyl (C=O) groups is 3. The Balaban J connectivity index is 1.90. The first-order chi connectivity index (χ1) is 16.5. The molecule has 4 aromatic rings. The molecule has 3 N–H and O–H groups in total.